The third-order valence-corrected chi connectivity index (χ3v) is 5.43. The largest absolute Gasteiger partial charge is 0.462 e. The minimum atomic E-state index is -1.17. The number of esters is 1. The smallest absolute Gasteiger partial charge is 0.341 e. The Balaban J connectivity index is 2.37. The van der Waals surface area contributed by atoms with Gasteiger partial charge < -0.3 is 10.1 Å². The van der Waals surface area contributed by atoms with Gasteiger partial charge >= 0.3 is 5.97 Å². The van der Waals surface area contributed by atoms with Crippen molar-refractivity contribution in [3.05, 3.63) is 16.0 Å². The molecule has 1 aromatic rings. The van der Waals surface area contributed by atoms with Gasteiger partial charge in [0, 0.05) is 4.88 Å². The van der Waals surface area contributed by atoms with Gasteiger partial charge in [0.2, 0.25) is 0 Å². The first-order valence-electron chi connectivity index (χ1n) is 7.38. The van der Waals surface area contributed by atoms with Crippen molar-refractivity contribution >= 4 is 51.4 Å². The lowest BCUT2D eigenvalue weighted by atomic mass is 9.85. The first kappa shape index (κ1) is 17.6. The van der Waals surface area contributed by atoms with Crippen LogP contribution in [0.2, 0.25) is 0 Å². The molecule has 0 fully saturated rings. The van der Waals surface area contributed by atoms with Gasteiger partial charge in [-0.1, -0.05) is 36.5 Å². The van der Waals surface area contributed by atoms with E-state index in [1.165, 1.54) is 11.3 Å². The number of carbonyl (C=O) groups excluding carboxylic acids is 2. The zero-order valence-corrected chi connectivity index (χ0v) is 14.9. The topological polar surface area (TPSA) is 55.4 Å². The summed E-state index contributed by atoms with van der Waals surface area (Å²) in [6.07, 6.45) is 3.93. The second-order valence-electron chi connectivity index (χ2n) is 5.24. The van der Waals surface area contributed by atoms with Gasteiger partial charge in [0.1, 0.15) is 5.00 Å². The molecule has 0 bridgehead atoms. The molecule has 1 amide bonds. The summed E-state index contributed by atoms with van der Waals surface area (Å²) < 4.78 is 5.14. The third kappa shape index (κ3) is 3.76. The Hall–Kier alpha value is -0.780. The molecule has 1 aliphatic carbocycles. The van der Waals surface area contributed by atoms with Crippen LogP contribution in [0.3, 0.4) is 0 Å². The fraction of sp³-hybridized carbons (Fsp3) is 0.600. The average molecular weight is 364 g/mol. The van der Waals surface area contributed by atoms with Crippen LogP contribution in [0.5, 0.6) is 0 Å². The number of fused-ring (bicyclic) bond motifs is 1. The molecule has 4 nitrogen and oxygen atoms in total. The highest BCUT2D eigenvalue weighted by molar-refractivity contribution is 7.17. The number of thiophene rings is 1. The van der Waals surface area contributed by atoms with Crippen LogP contribution in [0.25, 0.3) is 0 Å². The fourth-order valence-electron chi connectivity index (χ4n) is 2.68. The van der Waals surface area contributed by atoms with Crippen molar-refractivity contribution in [2.75, 3.05) is 11.9 Å². The normalized spacial score (nSPS) is 17.2. The number of rotatable bonds is 5. The van der Waals surface area contributed by atoms with E-state index in [1.54, 1.807) is 6.92 Å². The van der Waals surface area contributed by atoms with E-state index in [0.717, 1.165) is 36.1 Å². The molecule has 1 atom stereocenters. The highest BCUT2D eigenvalue weighted by Gasteiger charge is 2.30. The zero-order chi connectivity index (χ0) is 16.3. The molecule has 0 aromatic carbocycles. The summed E-state index contributed by atoms with van der Waals surface area (Å²) in [5, 5.41) is 3.15. The Morgan fingerprint density at radius 3 is 2.73 bits per heavy atom. The maximum absolute atomic E-state index is 12.3. The molecule has 1 aliphatic rings. The summed E-state index contributed by atoms with van der Waals surface area (Å²) in [4.78, 5) is 24.0. The van der Waals surface area contributed by atoms with Crippen molar-refractivity contribution in [2.45, 2.75) is 44.4 Å². The van der Waals surface area contributed by atoms with E-state index in [1.807, 2.05) is 0 Å². The number of halogens is 2. The molecule has 22 heavy (non-hydrogen) atoms. The minimum absolute atomic E-state index is 0.294. The van der Waals surface area contributed by atoms with Gasteiger partial charge in [-0.2, -0.15) is 0 Å². The SMILES string of the molecule is CCOC(=O)c1c(NC(=O)C(Cl)Cl)sc2c1CCC(CC)C2. The Bertz CT molecular complexity index is 571. The predicted octanol–water partition coefficient (Wildman–Crippen LogP) is 4.18. The van der Waals surface area contributed by atoms with E-state index in [-0.39, 0.29) is 0 Å². The van der Waals surface area contributed by atoms with Gasteiger partial charge in [-0.05, 0) is 37.7 Å². The minimum Gasteiger partial charge on any atom is -0.462 e. The first-order valence-corrected chi connectivity index (χ1v) is 9.07. The molecule has 122 valence electrons. The van der Waals surface area contributed by atoms with E-state index >= 15 is 0 Å². The Morgan fingerprint density at radius 2 is 2.14 bits per heavy atom. The van der Waals surface area contributed by atoms with Crippen molar-refractivity contribution in [3.8, 4) is 0 Å². The van der Waals surface area contributed by atoms with E-state index in [4.69, 9.17) is 27.9 Å². The van der Waals surface area contributed by atoms with Crippen LogP contribution in [0.1, 0.15) is 47.5 Å². The monoisotopic (exact) mass is 363 g/mol. The molecule has 1 heterocycles. The number of carbonyl (C=O) groups is 2. The summed E-state index contributed by atoms with van der Waals surface area (Å²) in [6.45, 7) is 4.22. The number of ether oxygens (including phenoxy) is 1. The summed E-state index contributed by atoms with van der Waals surface area (Å²) in [7, 11) is 0. The van der Waals surface area contributed by atoms with Crippen molar-refractivity contribution in [2.24, 2.45) is 5.92 Å². The van der Waals surface area contributed by atoms with Crippen LogP contribution in [0.4, 0.5) is 5.00 Å². The number of alkyl halides is 2. The quantitative estimate of drug-likeness (QED) is 0.630. The molecule has 0 saturated heterocycles. The Morgan fingerprint density at radius 1 is 1.41 bits per heavy atom. The number of anilines is 1. The summed E-state index contributed by atoms with van der Waals surface area (Å²) in [5.74, 6) is -0.302. The van der Waals surface area contributed by atoms with Gasteiger partial charge in [0.25, 0.3) is 5.91 Å². The number of nitrogens with one attached hydrogen (secondary N) is 1. The van der Waals surface area contributed by atoms with Crippen molar-refractivity contribution in [1.29, 1.82) is 0 Å². The number of amides is 1. The summed E-state index contributed by atoms with van der Waals surface area (Å²) in [5.41, 5.74) is 1.47. The standard InChI is InChI=1S/C15H19Cl2NO3S/c1-3-8-5-6-9-10(7-8)22-14(18-13(19)12(16)17)11(9)15(20)21-4-2/h8,12H,3-7H2,1-2H3,(H,18,19). The molecule has 0 aliphatic heterocycles. The molecular weight excluding hydrogens is 345 g/mol. The van der Waals surface area contributed by atoms with Crippen LogP contribution < -0.4 is 5.32 Å². The van der Waals surface area contributed by atoms with Crippen LogP contribution >= 0.6 is 34.5 Å². The molecule has 1 unspecified atom stereocenters. The van der Waals surface area contributed by atoms with Gasteiger partial charge in [-0.15, -0.1) is 11.3 Å². The molecule has 1 aromatic heterocycles. The van der Waals surface area contributed by atoms with Crippen LogP contribution in [0, 0.1) is 5.92 Å². The van der Waals surface area contributed by atoms with E-state index in [2.05, 4.69) is 12.2 Å². The molecular formula is C15H19Cl2NO3S. The average Bonchev–Trinajstić information content (AvgIpc) is 2.83. The molecule has 0 saturated carbocycles. The molecule has 1 N–H and O–H groups in total. The highest BCUT2D eigenvalue weighted by atomic mass is 35.5. The van der Waals surface area contributed by atoms with Gasteiger partial charge in [-0.3, -0.25) is 4.79 Å². The van der Waals surface area contributed by atoms with E-state index in [0.29, 0.717) is 23.1 Å². The second-order valence-corrected chi connectivity index (χ2v) is 7.44. The van der Waals surface area contributed by atoms with Crippen LogP contribution in [0.15, 0.2) is 0 Å². The van der Waals surface area contributed by atoms with Crippen molar-refractivity contribution in [3.63, 3.8) is 0 Å². The maximum atomic E-state index is 12.3. The molecule has 2 rings (SSSR count). The van der Waals surface area contributed by atoms with Crippen LogP contribution in [-0.2, 0) is 22.4 Å². The van der Waals surface area contributed by atoms with E-state index < -0.39 is 16.7 Å². The van der Waals surface area contributed by atoms with Crippen LogP contribution in [-0.4, -0.2) is 23.3 Å². The fourth-order valence-corrected chi connectivity index (χ4v) is 4.14. The lowest BCUT2D eigenvalue weighted by molar-refractivity contribution is -0.114. The molecule has 7 heteroatoms. The lowest BCUT2D eigenvalue weighted by Crippen LogP contribution is -2.20. The number of hydrogen-bond donors (Lipinski definition) is 1. The molecule has 0 spiro atoms. The maximum Gasteiger partial charge on any atom is 0.341 e. The predicted molar refractivity (Wildman–Crippen MR) is 90.2 cm³/mol. The number of hydrogen-bond acceptors (Lipinski definition) is 4. The van der Waals surface area contributed by atoms with Gasteiger partial charge in [0.15, 0.2) is 4.84 Å². The summed E-state index contributed by atoms with van der Waals surface area (Å²) in [6, 6.07) is 0. The van der Waals surface area contributed by atoms with Crippen molar-refractivity contribution in [1.82, 2.24) is 0 Å². The zero-order valence-electron chi connectivity index (χ0n) is 12.6. The van der Waals surface area contributed by atoms with Gasteiger partial charge in [0.05, 0.1) is 12.2 Å². The molecule has 0 radical (unpaired) electrons. The Labute approximate surface area is 144 Å². The van der Waals surface area contributed by atoms with Crippen molar-refractivity contribution < 1.29 is 14.3 Å². The first-order chi connectivity index (χ1) is 10.5. The highest BCUT2D eigenvalue weighted by Crippen LogP contribution is 2.41. The Kier molecular flexibility index (Phi) is 6.12. The third-order valence-electron chi connectivity index (χ3n) is 3.86. The second kappa shape index (κ2) is 7.66. The lowest BCUT2D eigenvalue weighted by Gasteiger charge is -2.20. The summed E-state index contributed by atoms with van der Waals surface area (Å²) >= 11 is 12.6. The van der Waals surface area contributed by atoms with Gasteiger partial charge in [-0.25, -0.2) is 4.79 Å². The van der Waals surface area contributed by atoms with E-state index in [9.17, 15) is 9.59 Å².